The fraction of sp³-hybridized carbons (Fsp3) is 1.00. The standard InChI is InChI=1S/C10H8F12/c11-7(12,13)3-1-4(8(14,15)16)6(10(20,21)22)2-5(3)9(17,18)19/h3-6H,1-2H2. The van der Waals surface area contributed by atoms with Gasteiger partial charge in [0.05, 0.1) is 23.7 Å². The van der Waals surface area contributed by atoms with E-state index in [1.807, 2.05) is 0 Å². The van der Waals surface area contributed by atoms with Gasteiger partial charge >= 0.3 is 24.7 Å². The Morgan fingerprint density at radius 3 is 0.591 bits per heavy atom. The smallest absolute Gasteiger partial charge is 0.171 e. The lowest BCUT2D eigenvalue weighted by molar-refractivity contribution is -0.321. The van der Waals surface area contributed by atoms with Crippen molar-refractivity contribution in [2.75, 3.05) is 0 Å². The van der Waals surface area contributed by atoms with E-state index in [2.05, 4.69) is 0 Å². The summed E-state index contributed by atoms with van der Waals surface area (Å²) in [5.74, 6) is -14.1. The quantitative estimate of drug-likeness (QED) is 0.503. The highest BCUT2D eigenvalue weighted by molar-refractivity contribution is 4.96. The monoisotopic (exact) mass is 356 g/mol. The third-order valence-corrected chi connectivity index (χ3v) is 3.67. The Balaban J connectivity index is 3.30. The topological polar surface area (TPSA) is 0 Å². The molecule has 1 aliphatic carbocycles. The van der Waals surface area contributed by atoms with Gasteiger partial charge in [-0.1, -0.05) is 0 Å². The van der Waals surface area contributed by atoms with Gasteiger partial charge in [0.1, 0.15) is 0 Å². The molecule has 0 saturated heterocycles. The van der Waals surface area contributed by atoms with E-state index in [1.165, 1.54) is 0 Å². The molecular formula is C10H8F12. The van der Waals surface area contributed by atoms with Crippen LogP contribution in [0.1, 0.15) is 12.8 Å². The normalized spacial score (nSPS) is 32.2. The van der Waals surface area contributed by atoms with E-state index in [9.17, 15) is 52.7 Å². The van der Waals surface area contributed by atoms with Gasteiger partial charge in [-0.15, -0.1) is 0 Å². The summed E-state index contributed by atoms with van der Waals surface area (Å²) in [7, 11) is 0. The summed E-state index contributed by atoms with van der Waals surface area (Å²) in [6.45, 7) is 0. The Bertz CT molecular complexity index is 309. The zero-order valence-electron chi connectivity index (χ0n) is 10.3. The average Bonchev–Trinajstić information content (AvgIpc) is 2.22. The average molecular weight is 356 g/mol. The second-order valence-corrected chi connectivity index (χ2v) is 5.06. The Kier molecular flexibility index (Phi) is 4.68. The van der Waals surface area contributed by atoms with Gasteiger partial charge in [-0.2, -0.15) is 52.7 Å². The molecule has 0 aromatic rings. The lowest BCUT2D eigenvalue weighted by atomic mass is 9.67. The minimum atomic E-state index is -5.68. The van der Waals surface area contributed by atoms with Crippen LogP contribution in [-0.4, -0.2) is 24.7 Å². The van der Waals surface area contributed by atoms with Crippen molar-refractivity contribution in [3.8, 4) is 0 Å². The molecule has 0 N–H and O–H groups in total. The van der Waals surface area contributed by atoms with E-state index in [0.717, 1.165) is 0 Å². The lowest BCUT2D eigenvalue weighted by Crippen LogP contribution is -2.52. The molecule has 0 radical (unpaired) electrons. The van der Waals surface area contributed by atoms with Crippen LogP contribution in [0.5, 0.6) is 0 Å². The van der Waals surface area contributed by atoms with Crippen molar-refractivity contribution in [3.05, 3.63) is 0 Å². The first-order chi connectivity index (χ1) is 9.45. The number of halogens is 12. The van der Waals surface area contributed by atoms with Gasteiger partial charge in [-0.05, 0) is 12.8 Å². The molecule has 22 heavy (non-hydrogen) atoms. The summed E-state index contributed by atoms with van der Waals surface area (Å²) in [6, 6.07) is 0. The third kappa shape index (κ3) is 4.12. The lowest BCUT2D eigenvalue weighted by Gasteiger charge is -2.43. The van der Waals surface area contributed by atoms with Gasteiger partial charge < -0.3 is 0 Å². The fourth-order valence-electron chi connectivity index (χ4n) is 2.65. The molecule has 4 unspecified atom stereocenters. The first-order valence-electron chi connectivity index (χ1n) is 5.72. The SMILES string of the molecule is FC(F)(F)C1CC(C(F)(F)F)C(C(F)(F)F)CC1C(F)(F)F. The van der Waals surface area contributed by atoms with Crippen LogP contribution in [0, 0.1) is 23.7 Å². The van der Waals surface area contributed by atoms with Gasteiger partial charge in [0.2, 0.25) is 0 Å². The highest BCUT2D eigenvalue weighted by Crippen LogP contribution is 2.58. The fourth-order valence-corrected chi connectivity index (χ4v) is 2.65. The van der Waals surface area contributed by atoms with Crippen LogP contribution in [0.3, 0.4) is 0 Å². The van der Waals surface area contributed by atoms with Crippen molar-refractivity contribution in [1.82, 2.24) is 0 Å². The predicted molar refractivity (Wildman–Crippen MR) is 47.4 cm³/mol. The molecular weight excluding hydrogens is 348 g/mol. The van der Waals surface area contributed by atoms with Gasteiger partial charge in [-0.3, -0.25) is 0 Å². The Hall–Kier alpha value is -0.840. The molecule has 0 aliphatic heterocycles. The molecule has 0 amide bonds. The molecule has 0 nitrogen and oxygen atoms in total. The van der Waals surface area contributed by atoms with Crippen LogP contribution in [0.15, 0.2) is 0 Å². The van der Waals surface area contributed by atoms with Crippen molar-refractivity contribution < 1.29 is 52.7 Å². The van der Waals surface area contributed by atoms with Crippen LogP contribution in [0.25, 0.3) is 0 Å². The molecule has 0 bridgehead atoms. The maximum atomic E-state index is 12.6. The summed E-state index contributed by atoms with van der Waals surface area (Å²) >= 11 is 0. The maximum Gasteiger partial charge on any atom is 0.392 e. The van der Waals surface area contributed by atoms with Gasteiger partial charge in [-0.25, -0.2) is 0 Å². The van der Waals surface area contributed by atoms with Crippen LogP contribution in [-0.2, 0) is 0 Å². The minimum absolute atomic E-state index is 2.29. The minimum Gasteiger partial charge on any atom is -0.171 e. The Morgan fingerprint density at radius 1 is 0.364 bits per heavy atom. The molecule has 0 spiro atoms. The Labute approximate surface area is 115 Å². The van der Waals surface area contributed by atoms with E-state index < -0.39 is 61.2 Å². The van der Waals surface area contributed by atoms with Gasteiger partial charge in [0.25, 0.3) is 0 Å². The number of hydrogen-bond acceptors (Lipinski definition) is 0. The predicted octanol–water partition coefficient (Wildman–Crippen LogP) is 5.49. The van der Waals surface area contributed by atoms with Gasteiger partial charge in [0.15, 0.2) is 0 Å². The third-order valence-electron chi connectivity index (χ3n) is 3.67. The van der Waals surface area contributed by atoms with E-state index >= 15 is 0 Å². The van der Waals surface area contributed by atoms with Gasteiger partial charge in [0, 0.05) is 0 Å². The highest BCUT2D eigenvalue weighted by atomic mass is 19.4. The molecule has 1 aliphatic rings. The van der Waals surface area contributed by atoms with Crippen LogP contribution in [0.4, 0.5) is 52.7 Å². The molecule has 0 aromatic heterocycles. The summed E-state index contributed by atoms with van der Waals surface area (Å²) in [5, 5.41) is 0. The number of rotatable bonds is 0. The first kappa shape index (κ1) is 19.2. The molecule has 0 heterocycles. The van der Waals surface area contributed by atoms with E-state index in [-0.39, 0.29) is 0 Å². The van der Waals surface area contributed by atoms with E-state index in [1.54, 1.807) is 0 Å². The molecule has 12 heteroatoms. The summed E-state index contributed by atoms with van der Waals surface area (Å²) in [4.78, 5) is 0. The maximum absolute atomic E-state index is 12.6. The first-order valence-corrected chi connectivity index (χ1v) is 5.72. The summed E-state index contributed by atoms with van der Waals surface area (Å²) in [6.07, 6.45) is -27.3. The van der Waals surface area contributed by atoms with Crippen LogP contribution < -0.4 is 0 Å². The zero-order chi connectivity index (χ0) is 17.7. The molecule has 4 atom stereocenters. The van der Waals surface area contributed by atoms with E-state index in [0.29, 0.717) is 0 Å². The summed E-state index contributed by atoms with van der Waals surface area (Å²) < 4.78 is 151. The highest BCUT2D eigenvalue weighted by Gasteiger charge is 2.66. The largest absolute Gasteiger partial charge is 0.392 e. The molecule has 0 aromatic carbocycles. The number of alkyl halides is 12. The van der Waals surface area contributed by atoms with Crippen molar-refractivity contribution >= 4 is 0 Å². The van der Waals surface area contributed by atoms with Crippen molar-refractivity contribution in [3.63, 3.8) is 0 Å². The Morgan fingerprint density at radius 2 is 0.500 bits per heavy atom. The van der Waals surface area contributed by atoms with Crippen molar-refractivity contribution in [2.45, 2.75) is 37.5 Å². The number of hydrogen-bond donors (Lipinski definition) is 0. The van der Waals surface area contributed by atoms with Crippen molar-refractivity contribution in [1.29, 1.82) is 0 Å². The zero-order valence-corrected chi connectivity index (χ0v) is 10.3. The molecule has 1 fully saturated rings. The summed E-state index contributed by atoms with van der Waals surface area (Å²) in [5.41, 5.74) is 0. The molecule has 1 saturated carbocycles. The molecule has 1 rings (SSSR count). The second kappa shape index (κ2) is 5.36. The second-order valence-electron chi connectivity index (χ2n) is 5.06. The van der Waals surface area contributed by atoms with Crippen LogP contribution in [0.2, 0.25) is 0 Å². The van der Waals surface area contributed by atoms with E-state index in [4.69, 9.17) is 0 Å². The molecule has 132 valence electrons. The van der Waals surface area contributed by atoms with Crippen molar-refractivity contribution in [2.24, 2.45) is 23.7 Å². The van der Waals surface area contributed by atoms with Crippen LogP contribution >= 0.6 is 0 Å².